The molecule has 1 fully saturated rings. The summed E-state index contributed by atoms with van der Waals surface area (Å²) < 4.78 is 33.2. The van der Waals surface area contributed by atoms with Crippen molar-refractivity contribution >= 4 is 5.91 Å². The molecule has 7 nitrogen and oxygen atoms in total. The fourth-order valence-electron chi connectivity index (χ4n) is 4.65. The van der Waals surface area contributed by atoms with Gasteiger partial charge in [-0.15, -0.1) is 0 Å². The Bertz CT molecular complexity index is 1380. The van der Waals surface area contributed by atoms with E-state index >= 15 is 0 Å². The van der Waals surface area contributed by atoms with Gasteiger partial charge in [0.15, 0.2) is 0 Å². The van der Waals surface area contributed by atoms with Crippen LogP contribution in [0.4, 0.5) is 4.39 Å². The Hall–Kier alpha value is -4.17. The van der Waals surface area contributed by atoms with Crippen molar-refractivity contribution in [3.63, 3.8) is 0 Å². The van der Waals surface area contributed by atoms with Gasteiger partial charge in [-0.3, -0.25) is 4.79 Å². The maximum Gasteiger partial charge on any atom is 0.254 e. The molecule has 0 aliphatic carbocycles. The molecule has 3 aromatic carbocycles. The Balaban J connectivity index is 1.55. The van der Waals surface area contributed by atoms with Crippen LogP contribution in [0.3, 0.4) is 0 Å². The molecule has 0 N–H and O–H groups in total. The largest absolute Gasteiger partial charge is 0.497 e. The zero-order chi connectivity index (χ0) is 26.5. The molecule has 0 bridgehead atoms. The van der Waals surface area contributed by atoms with E-state index in [-0.39, 0.29) is 24.1 Å². The molecule has 1 aliphatic rings. The van der Waals surface area contributed by atoms with Gasteiger partial charge in [-0.1, -0.05) is 36.4 Å². The quantitative estimate of drug-likeness (QED) is 0.280. The van der Waals surface area contributed by atoms with Gasteiger partial charge in [-0.05, 0) is 55.3 Å². The maximum atomic E-state index is 14.0. The molecule has 38 heavy (non-hydrogen) atoms. The number of aryl methyl sites for hydroxylation is 1. The van der Waals surface area contributed by atoms with Crippen LogP contribution in [0.2, 0.25) is 0 Å². The van der Waals surface area contributed by atoms with Crippen molar-refractivity contribution in [2.45, 2.75) is 25.5 Å². The standard InChI is InChI=1S/C30H30FN3O4/c1-33-30(38-25-15-13-24(36-2)14-16-25)27(28(32-33)21-8-4-3-5-9-21)20-34(19-26-12-7-17-37-26)29(35)22-10-6-11-23(31)18-22/h3-6,8-11,13-16,18,26H,7,12,17,19-20H2,1-2H3/t26-/m0/s1. The van der Waals surface area contributed by atoms with E-state index in [2.05, 4.69) is 0 Å². The van der Waals surface area contributed by atoms with Crippen LogP contribution in [0.15, 0.2) is 78.9 Å². The summed E-state index contributed by atoms with van der Waals surface area (Å²) in [4.78, 5) is 15.4. The second-order valence-electron chi connectivity index (χ2n) is 9.23. The first-order chi connectivity index (χ1) is 18.5. The predicted molar refractivity (Wildman–Crippen MR) is 142 cm³/mol. The molecule has 2 heterocycles. The van der Waals surface area contributed by atoms with E-state index in [1.165, 1.54) is 12.1 Å². The first-order valence-electron chi connectivity index (χ1n) is 12.6. The SMILES string of the molecule is COc1ccc(Oc2c(CN(C[C@@H]3CCCO3)C(=O)c3cccc(F)c3)c(-c3ccccc3)nn2C)cc1. The monoisotopic (exact) mass is 515 g/mol. The molecule has 5 rings (SSSR count). The van der Waals surface area contributed by atoms with Crippen molar-refractivity contribution in [2.24, 2.45) is 7.05 Å². The minimum atomic E-state index is -0.456. The minimum absolute atomic E-state index is 0.0877. The lowest BCUT2D eigenvalue weighted by molar-refractivity contribution is 0.0506. The highest BCUT2D eigenvalue weighted by molar-refractivity contribution is 5.94. The van der Waals surface area contributed by atoms with E-state index in [4.69, 9.17) is 19.3 Å². The van der Waals surface area contributed by atoms with Crippen molar-refractivity contribution in [3.05, 3.63) is 95.8 Å². The smallest absolute Gasteiger partial charge is 0.254 e. The van der Waals surface area contributed by atoms with Crippen molar-refractivity contribution in [1.29, 1.82) is 0 Å². The predicted octanol–water partition coefficient (Wildman–Crippen LogP) is 5.85. The first kappa shape index (κ1) is 25.5. The molecule has 0 saturated carbocycles. The van der Waals surface area contributed by atoms with E-state index in [0.717, 1.165) is 29.7 Å². The molecule has 0 unspecified atom stereocenters. The lowest BCUT2D eigenvalue weighted by atomic mass is 10.1. The number of benzene rings is 3. The number of carbonyl (C=O) groups is 1. The summed E-state index contributed by atoms with van der Waals surface area (Å²) in [5.41, 5.74) is 2.64. The molecule has 1 aliphatic heterocycles. The van der Waals surface area contributed by atoms with Crippen LogP contribution < -0.4 is 9.47 Å². The average molecular weight is 516 g/mol. The summed E-state index contributed by atoms with van der Waals surface area (Å²) in [5.74, 6) is 1.10. The van der Waals surface area contributed by atoms with Crippen LogP contribution >= 0.6 is 0 Å². The van der Waals surface area contributed by atoms with Gasteiger partial charge >= 0.3 is 0 Å². The van der Waals surface area contributed by atoms with Gasteiger partial charge in [0, 0.05) is 31.3 Å². The second-order valence-corrected chi connectivity index (χ2v) is 9.23. The van der Waals surface area contributed by atoms with Crippen LogP contribution in [0.1, 0.15) is 28.8 Å². The van der Waals surface area contributed by atoms with Crippen molar-refractivity contribution in [3.8, 4) is 28.6 Å². The molecule has 196 valence electrons. The number of hydrogen-bond acceptors (Lipinski definition) is 5. The number of rotatable bonds is 9. The normalized spacial score (nSPS) is 14.9. The fraction of sp³-hybridized carbons (Fsp3) is 0.267. The number of amides is 1. The van der Waals surface area contributed by atoms with Gasteiger partial charge < -0.3 is 19.1 Å². The highest BCUT2D eigenvalue weighted by Gasteiger charge is 2.28. The van der Waals surface area contributed by atoms with Crippen molar-refractivity contribution in [2.75, 3.05) is 20.3 Å². The number of nitrogens with zero attached hydrogens (tertiary/aromatic N) is 3. The zero-order valence-electron chi connectivity index (χ0n) is 21.5. The van der Waals surface area contributed by atoms with Crippen molar-refractivity contribution in [1.82, 2.24) is 14.7 Å². The van der Waals surface area contributed by atoms with E-state index in [0.29, 0.717) is 30.5 Å². The lowest BCUT2D eigenvalue weighted by Gasteiger charge is -2.26. The Morgan fingerprint density at radius 2 is 1.84 bits per heavy atom. The van der Waals surface area contributed by atoms with Gasteiger partial charge in [0.1, 0.15) is 23.0 Å². The number of halogens is 1. The first-order valence-corrected chi connectivity index (χ1v) is 12.6. The van der Waals surface area contributed by atoms with Crippen LogP contribution in [0, 0.1) is 5.82 Å². The zero-order valence-corrected chi connectivity index (χ0v) is 21.5. The highest BCUT2D eigenvalue weighted by Crippen LogP contribution is 2.35. The summed E-state index contributed by atoms with van der Waals surface area (Å²) in [5, 5.41) is 4.78. The van der Waals surface area contributed by atoms with Crippen molar-refractivity contribution < 1.29 is 23.4 Å². The number of methoxy groups -OCH3 is 1. The summed E-state index contributed by atoms with van der Waals surface area (Å²) in [6.45, 7) is 1.25. The number of carbonyl (C=O) groups excluding carboxylic acids is 1. The number of aromatic nitrogens is 2. The van der Waals surface area contributed by atoms with Crippen LogP contribution in [0.5, 0.6) is 17.4 Å². The Labute approximate surface area is 221 Å². The molecule has 1 amide bonds. The summed E-state index contributed by atoms with van der Waals surface area (Å²) in [6.07, 6.45) is 1.72. The van der Waals surface area contributed by atoms with E-state index in [1.807, 2.05) is 61.6 Å². The summed E-state index contributed by atoms with van der Waals surface area (Å²) in [7, 11) is 3.42. The van der Waals surface area contributed by atoms with Gasteiger partial charge in [0.2, 0.25) is 5.88 Å². The van der Waals surface area contributed by atoms with Gasteiger partial charge in [0.05, 0.1) is 25.3 Å². The third-order valence-corrected chi connectivity index (χ3v) is 6.56. The van der Waals surface area contributed by atoms with Gasteiger partial charge in [0.25, 0.3) is 5.91 Å². The minimum Gasteiger partial charge on any atom is -0.497 e. The third kappa shape index (κ3) is 5.70. The summed E-state index contributed by atoms with van der Waals surface area (Å²) >= 11 is 0. The number of ether oxygens (including phenoxy) is 3. The molecule has 0 radical (unpaired) electrons. The Morgan fingerprint density at radius 3 is 2.53 bits per heavy atom. The second kappa shape index (κ2) is 11.5. The van der Waals surface area contributed by atoms with E-state index in [9.17, 15) is 9.18 Å². The third-order valence-electron chi connectivity index (χ3n) is 6.56. The summed E-state index contributed by atoms with van der Waals surface area (Å²) in [6, 6.07) is 22.8. The van der Waals surface area contributed by atoms with Crippen LogP contribution in [0.25, 0.3) is 11.3 Å². The molecular weight excluding hydrogens is 485 g/mol. The topological polar surface area (TPSA) is 65.8 Å². The molecule has 1 aromatic heterocycles. The average Bonchev–Trinajstić information content (AvgIpc) is 3.57. The van der Waals surface area contributed by atoms with E-state index < -0.39 is 5.82 Å². The molecule has 0 spiro atoms. The molecular formula is C30H30FN3O4. The van der Waals surface area contributed by atoms with Gasteiger partial charge in [-0.2, -0.15) is 5.10 Å². The fourth-order valence-corrected chi connectivity index (χ4v) is 4.65. The molecule has 4 aromatic rings. The molecule has 8 heteroatoms. The van der Waals surface area contributed by atoms with E-state index in [1.54, 1.807) is 28.8 Å². The lowest BCUT2D eigenvalue weighted by Crippen LogP contribution is -2.37. The van der Waals surface area contributed by atoms with Crippen LogP contribution in [-0.2, 0) is 18.3 Å². The van der Waals surface area contributed by atoms with Crippen LogP contribution in [-0.4, -0.2) is 47.0 Å². The highest BCUT2D eigenvalue weighted by atomic mass is 19.1. The molecule has 1 atom stereocenters. The Kier molecular flexibility index (Phi) is 7.70. The molecule has 1 saturated heterocycles. The van der Waals surface area contributed by atoms with Gasteiger partial charge in [-0.25, -0.2) is 9.07 Å². The maximum absolute atomic E-state index is 14.0. The Morgan fingerprint density at radius 1 is 1.08 bits per heavy atom. The number of hydrogen-bond donors (Lipinski definition) is 0.